The van der Waals surface area contributed by atoms with Crippen LogP contribution in [-0.4, -0.2) is 17.0 Å². The highest BCUT2D eigenvalue weighted by Gasteiger charge is 2.26. The lowest BCUT2D eigenvalue weighted by Crippen LogP contribution is -2.17. The standard InChI is InChI=1S/C7H14IN/c1-5(2)6-3-9-4-7(6)8/h5-7,9H,3-4H2,1-2H3/t6-,7-/m1/s1. The highest BCUT2D eigenvalue weighted by molar-refractivity contribution is 14.1. The molecule has 1 heterocycles. The number of alkyl halides is 1. The van der Waals surface area contributed by atoms with Crippen LogP contribution in [0, 0.1) is 11.8 Å². The third-order valence-corrected chi connectivity index (χ3v) is 3.40. The molecule has 0 aliphatic carbocycles. The van der Waals surface area contributed by atoms with E-state index in [4.69, 9.17) is 0 Å². The summed E-state index contributed by atoms with van der Waals surface area (Å²) < 4.78 is 0.864. The minimum absolute atomic E-state index is 0.849. The van der Waals surface area contributed by atoms with E-state index in [0.29, 0.717) is 0 Å². The van der Waals surface area contributed by atoms with Crippen molar-refractivity contribution in [2.75, 3.05) is 13.1 Å². The number of rotatable bonds is 1. The lowest BCUT2D eigenvalue weighted by Gasteiger charge is -2.16. The summed E-state index contributed by atoms with van der Waals surface area (Å²) in [5.74, 6) is 1.76. The molecule has 1 rings (SSSR count). The fraction of sp³-hybridized carbons (Fsp3) is 1.00. The van der Waals surface area contributed by atoms with E-state index in [9.17, 15) is 0 Å². The van der Waals surface area contributed by atoms with Gasteiger partial charge in [0, 0.05) is 10.5 Å². The lowest BCUT2D eigenvalue weighted by atomic mass is 9.95. The van der Waals surface area contributed by atoms with Crippen LogP contribution in [0.4, 0.5) is 0 Å². The summed E-state index contributed by atoms with van der Waals surface area (Å²) >= 11 is 2.55. The Morgan fingerprint density at radius 2 is 2.11 bits per heavy atom. The van der Waals surface area contributed by atoms with Gasteiger partial charge in [-0.1, -0.05) is 36.4 Å². The van der Waals surface area contributed by atoms with Gasteiger partial charge in [0.2, 0.25) is 0 Å². The van der Waals surface area contributed by atoms with E-state index in [1.807, 2.05) is 0 Å². The van der Waals surface area contributed by atoms with Gasteiger partial charge in [0.15, 0.2) is 0 Å². The molecule has 1 aliphatic heterocycles. The molecule has 1 fully saturated rings. The van der Waals surface area contributed by atoms with Crippen LogP contribution in [0.15, 0.2) is 0 Å². The Labute approximate surface area is 70.7 Å². The summed E-state index contributed by atoms with van der Waals surface area (Å²) in [5.41, 5.74) is 0. The molecule has 2 atom stereocenters. The van der Waals surface area contributed by atoms with Crippen LogP contribution in [0.5, 0.6) is 0 Å². The fourth-order valence-corrected chi connectivity index (χ4v) is 2.72. The van der Waals surface area contributed by atoms with Crippen molar-refractivity contribution >= 4 is 22.6 Å². The summed E-state index contributed by atoms with van der Waals surface area (Å²) in [6, 6.07) is 0. The second-order valence-electron chi connectivity index (χ2n) is 3.08. The Morgan fingerprint density at radius 3 is 2.33 bits per heavy atom. The van der Waals surface area contributed by atoms with Gasteiger partial charge in [-0.2, -0.15) is 0 Å². The number of nitrogens with one attached hydrogen (secondary N) is 1. The largest absolute Gasteiger partial charge is 0.315 e. The van der Waals surface area contributed by atoms with Gasteiger partial charge in [-0.3, -0.25) is 0 Å². The maximum Gasteiger partial charge on any atom is 0.0277 e. The molecule has 0 aromatic carbocycles. The van der Waals surface area contributed by atoms with Gasteiger partial charge in [0.25, 0.3) is 0 Å². The summed E-state index contributed by atoms with van der Waals surface area (Å²) in [6.45, 7) is 7.06. The maximum atomic E-state index is 3.40. The summed E-state index contributed by atoms with van der Waals surface area (Å²) in [5, 5.41) is 3.40. The first-order valence-corrected chi connectivity index (χ1v) is 4.81. The van der Waals surface area contributed by atoms with E-state index in [1.165, 1.54) is 13.1 Å². The van der Waals surface area contributed by atoms with Crippen LogP contribution in [0.2, 0.25) is 0 Å². The Balaban J connectivity index is 2.40. The number of hydrogen-bond acceptors (Lipinski definition) is 1. The topological polar surface area (TPSA) is 12.0 Å². The smallest absolute Gasteiger partial charge is 0.0277 e. The van der Waals surface area contributed by atoms with Crippen molar-refractivity contribution in [3.8, 4) is 0 Å². The SMILES string of the molecule is CC(C)[C@H]1CNC[C@H]1I. The number of hydrogen-bond donors (Lipinski definition) is 1. The molecule has 54 valence electrons. The van der Waals surface area contributed by atoms with Gasteiger partial charge in [-0.15, -0.1) is 0 Å². The Morgan fingerprint density at radius 1 is 1.44 bits per heavy atom. The van der Waals surface area contributed by atoms with E-state index in [1.54, 1.807) is 0 Å². The first-order valence-electron chi connectivity index (χ1n) is 3.56. The van der Waals surface area contributed by atoms with Crippen molar-refractivity contribution in [1.29, 1.82) is 0 Å². The van der Waals surface area contributed by atoms with E-state index in [-0.39, 0.29) is 0 Å². The third-order valence-electron chi connectivity index (χ3n) is 2.04. The highest BCUT2D eigenvalue weighted by atomic mass is 127. The number of halogens is 1. The summed E-state index contributed by atoms with van der Waals surface area (Å²) in [6.07, 6.45) is 0. The van der Waals surface area contributed by atoms with E-state index >= 15 is 0 Å². The van der Waals surface area contributed by atoms with Crippen LogP contribution >= 0.6 is 22.6 Å². The minimum Gasteiger partial charge on any atom is -0.315 e. The third kappa shape index (κ3) is 1.80. The molecule has 0 aromatic heterocycles. The maximum absolute atomic E-state index is 3.40. The van der Waals surface area contributed by atoms with Crippen LogP contribution < -0.4 is 5.32 Å². The minimum atomic E-state index is 0.849. The van der Waals surface area contributed by atoms with E-state index in [0.717, 1.165) is 15.8 Å². The van der Waals surface area contributed by atoms with E-state index < -0.39 is 0 Å². The van der Waals surface area contributed by atoms with Gasteiger partial charge in [0.1, 0.15) is 0 Å². The molecule has 2 heteroatoms. The normalized spacial score (nSPS) is 36.0. The lowest BCUT2D eigenvalue weighted by molar-refractivity contribution is 0.433. The highest BCUT2D eigenvalue weighted by Crippen LogP contribution is 2.24. The zero-order valence-electron chi connectivity index (χ0n) is 6.02. The van der Waals surface area contributed by atoms with Crippen molar-refractivity contribution in [3.05, 3.63) is 0 Å². The first-order chi connectivity index (χ1) is 4.22. The molecule has 0 spiro atoms. The molecule has 0 radical (unpaired) electrons. The molecule has 1 N–H and O–H groups in total. The molecule has 1 aliphatic rings. The predicted molar refractivity (Wildman–Crippen MR) is 49.0 cm³/mol. The summed E-state index contributed by atoms with van der Waals surface area (Å²) in [7, 11) is 0. The predicted octanol–water partition coefficient (Wildman–Crippen LogP) is 1.67. The van der Waals surface area contributed by atoms with Crippen molar-refractivity contribution in [2.45, 2.75) is 17.8 Å². The van der Waals surface area contributed by atoms with Gasteiger partial charge in [-0.25, -0.2) is 0 Å². The van der Waals surface area contributed by atoms with E-state index in [2.05, 4.69) is 41.8 Å². The quantitative estimate of drug-likeness (QED) is 0.542. The average molecular weight is 239 g/mol. The molecule has 9 heavy (non-hydrogen) atoms. The van der Waals surface area contributed by atoms with Crippen molar-refractivity contribution in [2.24, 2.45) is 11.8 Å². The Bertz CT molecular complexity index is 92.9. The zero-order valence-corrected chi connectivity index (χ0v) is 8.18. The Hall–Kier alpha value is 0.690. The van der Waals surface area contributed by atoms with Crippen LogP contribution in [0.1, 0.15) is 13.8 Å². The average Bonchev–Trinajstić information content (AvgIpc) is 2.13. The van der Waals surface area contributed by atoms with Crippen LogP contribution in [-0.2, 0) is 0 Å². The van der Waals surface area contributed by atoms with Crippen LogP contribution in [0.3, 0.4) is 0 Å². The van der Waals surface area contributed by atoms with Crippen LogP contribution in [0.25, 0.3) is 0 Å². The van der Waals surface area contributed by atoms with Crippen molar-refractivity contribution in [3.63, 3.8) is 0 Å². The molecule has 0 amide bonds. The molecule has 0 bridgehead atoms. The van der Waals surface area contributed by atoms with Crippen molar-refractivity contribution in [1.82, 2.24) is 5.32 Å². The zero-order chi connectivity index (χ0) is 6.85. The van der Waals surface area contributed by atoms with Crippen molar-refractivity contribution < 1.29 is 0 Å². The molecule has 1 nitrogen and oxygen atoms in total. The van der Waals surface area contributed by atoms with Gasteiger partial charge in [-0.05, 0) is 18.4 Å². The van der Waals surface area contributed by atoms with Gasteiger partial charge >= 0.3 is 0 Å². The molecule has 0 unspecified atom stereocenters. The Kier molecular flexibility index (Phi) is 2.76. The molecule has 1 saturated heterocycles. The molecular weight excluding hydrogens is 225 g/mol. The fourth-order valence-electron chi connectivity index (χ4n) is 1.32. The summed E-state index contributed by atoms with van der Waals surface area (Å²) in [4.78, 5) is 0. The van der Waals surface area contributed by atoms with Gasteiger partial charge in [0.05, 0.1) is 0 Å². The monoisotopic (exact) mass is 239 g/mol. The molecular formula is C7H14IN. The first kappa shape index (κ1) is 7.79. The second-order valence-corrected chi connectivity index (χ2v) is 4.68. The second kappa shape index (κ2) is 3.19. The molecule has 0 saturated carbocycles. The molecule has 0 aromatic rings. The van der Waals surface area contributed by atoms with Gasteiger partial charge < -0.3 is 5.32 Å².